The summed E-state index contributed by atoms with van der Waals surface area (Å²) in [5.41, 5.74) is 0. The lowest BCUT2D eigenvalue weighted by Gasteiger charge is -2.31. The van der Waals surface area contributed by atoms with Gasteiger partial charge in [0.15, 0.2) is 0 Å². The van der Waals surface area contributed by atoms with Gasteiger partial charge in [0.05, 0.1) is 26.5 Å². The van der Waals surface area contributed by atoms with E-state index in [0.717, 1.165) is 0 Å². The average Bonchev–Trinajstić information content (AvgIpc) is 2.02. The highest BCUT2D eigenvalue weighted by Gasteiger charge is 2.40. The maximum atomic E-state index is 12.5. The van der Waals surface area contributed by atoms with E-state index < -0.39 is 20.9 Å². The van der Waals surface area contributed by atoms with Crippen molar-refractivity contribution in [3.8, 4) is 0 Å². The summed E-state index contributed by atoms with van der Waals surface area (Å²) < 4.78 is 31.3. The topological polar surface area (TPSA) is 35.5 Å². The highest BCUT2D eigenvalue weighted by Crippen LogP contribution is 2.55. The molecule has 0 aromatic heterocycles. The molecule has 1 atom stereocenters. The van der Waals surface area contributed by atoms with Gasteiger partial charge in [0.25, 0.3) is 0 Å². The van der Waals surface area contributed by atoms with E-state index in [0.29, 0.717) is 13.2 Å². The van der Waals surface area contributed by atoms with Gasteiger partial charge in [-0.1, -0.05) is 26.6 Å². The monoisotopic (exact) mass is 239 g/mol. The van der Waals surface area contributed by atoms with Gasteiger partial charge in [-0.3, -0.25) is 4.57 Å². The first-order valence-corrected chi connectivity index (χ1v) is 10.1. The first-order chi connectivity index (χ1) is 6.62. The van der Waals surface area contributed by atoms with E-state index in [-0.39, 0.29) is 0 Å². The molecule has 0 radical (unpaired) electrons. The molecule has 14 heavy (non-hydrogen) atoms. The van der Waals surface area contributed by atoms with Gasteiger partial charge in [0.2, 0.25) is 0 Å². The Kier molecular flexibility index (Phi) is 4.84. The second-order valence-electron chi connectivity index (χ2n) is 4.17. The zero-order valence-corrected chi connectivity index (χ0v) is 12.0. The molecule has 0 aliphatic carbocycles. The minimum Gasteiger partial charge on any atom is -0.309 e. The Labute approximate surface area is 90.1 Å². The molecular weight excluding hydrogens is 215 g/mol. The number of hydrogen-bond acceptors (Lipinski definition) is 3. The molecule has 0 heterocycles. The summed E-state index contributed by atoms with van der Waals surface area (Å²) in [6.07, 6.45) is 0. The molecule has 0 aromatic carbocycles. The van der Waals surface area contributed by atoms with Crippen LogP contribution in [-0.2, 0) is 13.6 Å². The van der Waals surface area contributed by atoms with Crippen molar-refractivity contribution in [1.82, 2.24) is 0 Å². The van der Waals surface area contributed by atoms with Crippen molar-refractivity contribution < 1.29 is 15.0 Å². The molecule has 0 rings (SSSR count). The van der Waals surface area contributed by atoms with Gasteiger partial charge in [-0.25, -0.2) is 0 Å². The zero-order chi connectivity index (χ0) is 12.3. The van der Waals surface area contributed by atoms with Crippen LogP contribution < -0.4 is 0 Å². The van der Waals surface area contributed by atoms with Gasteiger partial charge in [-0.2, -0.15) is 0 Å². The smallest absolute Gasteiger partial charge is 0.309 e. The number of rotatable bonds is 6. The lowest BCUT2D eigenvalue weighted by molar-refractivity contribution is 0.218. The van der Waals surface area contributed by atoms with Gasteiger partial charge in [0.1, 0.15) is 0 Å². The van der Waals surface area contributed by atoms with Gasteiger partial charge in [0, 0.05) is 1.37 Å². The third-order valence-corrected chi connectivity index (χ3v) is 9.12. The van der Waals surface area contributed by atoms with Crippen molar-refractivity contribution in [2.24, 2.45) is 0 Å². The van der Waals surface area contributed by atoms with Crippen LogP contribution in [0.15, 0.2) is 0 Å². The van der Waals surface area contributed by atoms with Crippen LogP contribution in [0.5, 0.6) is 0 Å². The van der Waals surface area contributed by atoms with Crippen LogP contribution in [0.2, 0.25) is 19.6 Å². The van der Waals surface area contributed by atoms with E-state index in [1.807, 2.05) is 19.6 Å². The second-order valence-corrected chi connectivity index (χ2v) is 12.0. The summed E-state index contributed by atoms with van der Waals surface area (Å²) in [5.74, 6) is 0. The predicted molar refractivity (Wildman–Crippen MR) is 63.7 cm³/mol. The molecule has 0 amide bonds. The lowest BCUT2D eigenvalue weighted by atomic mass is 10.9. The maximum Gasteiger partial charge on any atom is 0.330 e. The van der Waals surface area contributed by atoms with Crippen LogP contribution in [0, 0.1) is 0 Å². The summed E-state index contributed by atoms with van der Waals surface area (Å²) in [4.78, 5) is 0. The standard InChI is InChI=1S/C9H23O3PSi/c1-7-11-13(10,12-8-2)9(3)14(4,5)6/h9H,7-8H2,1-6H3/i9D. The van der Waals surface area contributed by atoms with Crippen LogP contribution >= 0.6 is 7.60 Å². The lowest BCUT2D eigenvalue weighted by Crippen LogP contribution is -2.36. The minimum atomic E-state index is -3.32. The second kappa shape index (κ2) is 5.45. The minimum absolute atomic E-state index is 0.316. The first-order valence-electron chi connectivity index (χ1n) is 5.51. The van der Waals surface area contributed by atoms with Crippen molar-refractivity contribution in [2.45, 2.75) is 45.7 Å². The fourth-order valence-corrected chi connectivity index (χ4v) is 5.80. The van der Waals surface area contributed by atoms with Crippen molar-refractivity contribution in [3.05, 3.63) is 0 Å². The molecular formula is C9H23O3PSi. The molecule has 0 bridgehead atoms. The third-order valence-electron chi connectivity index (χ3n) is 2.09. The van der Waals surface area contributed by atoms with Gasteiger partial charge in [-0.15, -0.1) is 0 Å². The Hall–Kier alpha value is 0.367. The van der Waals surface area contributed by atoms with Crippen molar-refractivity contribution in [2.75, 3.05) is 13.2 Å². The molecule has 0 fully saturated rings. The van der Waals surface area contributed by atoms with Crippen LogP contribution in [0.1, 0.15) is 22.1 Å². The largest absolute Gasteiger partial charge is 0.330 e. The Bertz CT molecular complexity index is 240. The average molecular weight is 239 g/mol. The summed E-state index contributed by atoms with van der Waals surface area (Å²) in [6.45, 7) is 11.9. The molecule has 1 unspecified atom stereocenters. The molecule has 0 saturated carbocycles. The molecule has 5 heteroatoms. The summed E-state index contributed by atoms with van der Waals surface area (Å²) in [6, 6.07) is 0. The third kappa shape index (κ3) is 3.85. The summed E-state index contributed by atoms with van der Waals surface area (Å²) in [5, 5.41) is -1.11. The van der Waals surface area contributed by atoms with E-state index in [4.69, 9.17) is 10.4 Å². The molecule has 3 nitrogen and oxygen atoms in total. The first kappa shape index (κ1) is 12.4. The number of hydrogen-bond donors (Lipinski definition) is 0. The molecule has 0 aliphatic rings. The fourth-order valence-electron chi connectivity index (χ4n) is 0.982. The van der Waals surface area contributed by atoms with Crippen LogP contribution in [0.3, 0.4) is 0 Å². The molecule has 86 valence electrons. The highest BCUT2D eigenvalue weighted by atomic mass is 31.2. The highest BCUT2D eigenvalue weighted by molar-refractivity contribution is 7.58. The Morgan fingerprint density at radius 2 is 1.64 bits per heavy atom. The predicted octanol–water partition coefficient (Wildman–Crippen LogP) is 3.52. The van der Waals surface area contributed by atoms with Crippen molar-refractivity contribution >= 4 is 15.7 Å². The molecule has 0 aliphatic heterocycles. The van der Waals surface area contributed by atoms with E-state index in [9.17, 15) is 4.57 Å². The summed E-state index contributed by atoms with van der Waals surface area (Å²) >= 11 is 0. The van der Waals surface area contributed by atoms with Gasteiger partial charge >= 0.3 is 7.60 Å². The van der Waals surface area contributed by atoms with Crippen LogP contribution in [-0.4, -0.2) is 26.5 Å². The van der Waals surface area contributed by atoms with Crippen LogP contribution in [0.25, 0.3) is 0 Å². The summed E-state index contributed by atoms with van der Waals surface area (Å²) in [7, 11) is -5.26. The Morgan fingerprint density at radius 3 is 1.86 bits per heavy atom. The Morgan fingerprint density at radius 1 is 1.29 bits per heavy atom. The quantitative estimate of drug-likeness (QED) is 0.525. The zero-order valence-electron chi connectivity index (χ0n) is 11.1. The fraction of sp³-hybridized carbons (Fsp3) is 1.00. The normalized spacial score (nSPS) is 18.9. The van der Waals surface area contributed by atoms with Gasteiger partial charge in [-0.05, 0) is 13.8 Å². The molecule has 0 aromatic rings. The molecule has 0 N–H and O–H groups in total. The van der Waals surface area contributed by atoms with Crippen molar-refractivity contribution in [1.29, 1.82) is 0 Å². The van der Waals surface area contributed by atoms with Crippen LogP contribution in [0.4, 0.5) is 0 Å². The maximum absolute atomic E-state index is 12.5. The van der Waals surface area contributed by atoms with Crippen molar-refractivity contribution in [3.63, 3.8) is 0 Å². The molecule has 0 saturated heterocycles. The van der Waals surface area contributed by atoms with E-state index in [1.54, 1.807) is 20.8 Å². The van der Waals surface area contributed by atoms with E-state index >= 15 is 0 Å². The van der Waals surface area contributed by atoms with E-state index in [2.05, 4.69) is 0 Å². The Balaban J connectivity index is 5.16. The van der Waals surface area contributed by atoms with E-state index in [1.165, 1.54) is 0 Å². The van der Waals surface area contributed by atoms with Gasteiger partial charge < -0.3 is 9.05 Å². The molecule has 0 spiro atoms. The SMILES string of the molecule is [2H]C(C)([Si](C)(C)C)P(=O)(OCC)OCC.